The summed E-state index contributed by atoms with van der Waals surface area (Å²) < 4.78 is 0. The molecule has 98 valence electrons. The van der Waals surface area contributed by atoms with Gasteiger partial charge in [0.25, 0.3) is 0 Å². The largest absolute Gasteiger partial charge is 0.357 e. The molecule has 2 rings (SSSR count). The zero-order valence-corrected chi connectivity index (χ0v) is 11.2. The van der Waals surface area contributed by atoms with E-state index in [1.54, 1.807) is 0 Å². The molecule has 2 heterocycles. The van der Waals surface area contributed by atoms with Gasteiger partial charge in [-0.25, -0.2) is 4.98 Å². The maximum absolute atomic E-state index is 11.1. The van der Waals surface area contributed by atoms with Crippen molar-refractivity contribution in [3.63, 3.8) is 0 Å². The van der Waals surface area contributed by atoms with Gasteiger partial charge in [-0.3, -0.25) is 4.79 Å². The van der Waals surface area contributed by atoms with Crippen molar-refractivity contribution in [1.29, 1.82) is 0 Å². The van der Waals surface area contributed by atoms with Crippen LogP contribution in [0, 0.1) is 0 Å². The Bertz CT molecular complexity index is 404. The van der Waals surface area contributed by atoms with Crippen LogP contribution in [-0.4, -0.2) is 35.9 Å². The molecule has 1 unspecified atom stereocenters. The summed E-state index contributed by atoms with van der Waals surface area (Å²) in [5.41, 5.74) is 1.19. The molecule has 1 saturated heterocycles. The SMILES string of the molecule is CCN(CC)c1ncccc1C1CCCN1C=O. The normalized spacial score (nSPS) is 19.0. The van der Waals surface area contributed by atoms with Crippen molar-refractivity contribution in [1.82, 2.24) is 9.88 Å². The number of nitrogens with zero attached hydrogens (tertiary/aromatic N) is 3. The Hall–Kier alpha value is -1.58. The Balaban J connectivity index is 2.34. The van der Waals surface area contributed by atoms with Crippen LogP contribution in [0.4, 0.5) is 5.82 Å². The molecule has 1 aliphatic heterocycles. The average molecular weight is 247 g/mol. The number of hydrogen-bond acceptors (Lipinski definition) is 3. The van der Waals surface area contributed by atoms with E-state index in [1.165, 1.54) is 5.56 Å². The van der Waals surface area contributed by atoms with Crippen molar-refractivity contribution in [2.75, 3.05) is 24.5 Å². The molecule has 1 aromatic rings. The van der Waals surface area contributed by atoms with E-state index < -0.39 is 0 Å². The van der Waals surface area contributed by atoms with E-state index in [-0.39, 0.29) is 6.04 Å². The molecular weight excluding hydrogens is 226 g/mol. The van der Waals surface area contributed by atoms with Crippen LogP contribution in [0.5, 0.6) is 0 Å². The van der Waals surface area contributed by atoms with Crippen LogP contribution in [0.3, 0.4) is 0 Å². The van der Waals surface area contributed by atoms with Crippen molar-refractivity contribution in [2.45, 2.75) is 32.7 Å². The monoisotopic (exact) mass is 247 g/mol. The highest BCUT2D eigenvalue weighted by Crippen LogP contribution is 2.35. The van der Waals surface area contributed by atoms with E-state index in [0.29, 0.717) is 0 Å². The summed E-state index contributed by atoms with van der Waals surface area (Å²) in [6, 6.07) is 4.27. The van der Waals surface area contributed by atoms with Crippen LogP contribution in [0.15, 0.2) is 18.3 Å². The van der Waals surface area contributed by atoms with Crippen molar-refractivity contribution in [2.24, 2.45) is 0 Å². The molecule has 0 saturated carbocycles. The minimum Gasteiger partial charge on any atom is -0.357 e. The minimum atomic E-state index is 0.201. The first kappa shape index (κ1) is 12.9. The Morgan fingerprint density at radius 1 is 1.50 bits per heavy atom. The number of carbonyl (C=O) groups excluding carboxylic acids is 1. The molecule has 0 spiro atoms. The molecule has 1 amide bonds. The second-order valence-corrected chi connectivity index (χ2v) is 4.59. The molecule has 0 radical (unpaired) electrons. The molecule has 1 aromatic heterocycles. The van der Waals surface area contributed by atoms with Crippen molar-refractivity contribution < 1.29 is 4.79 Å². The Morgan fingerprint density at radius 3 is 2.94 bits per heavy atom. The summed E-state index contributed by atoms with van der Waals surface area (Å²) in [4.78, 5) is 19.8. The molecule has 1 fully saturated rings. The molecule has 0 N–H and O–H groups in total. The third-order valence-corrected chi connectivity index (χ3v) is 3.67. The van der Waals surface area contributed by atoms with Crippen molar-refractivity contribution in [3.05, 3.63) is 23.9 Å². The predicted molar refractivity (Wildman–Crippen MR) is 72.5 cm³/mol. The topological polar surface area (TPSA) is 36.4 Å². The van der Waals surface area contributed by atoms with Gasteiger partial charge in [0, 0.05) is 31.4 Å². The second-order valence-electron chi connectivity index (χ2n) is 4.59. The number of aromatic nitrogens is 1. The van der Waals surface area contributed by atoms with Gasteiger partial charge < -0.3 is 9.80 Å². The number of likely N-dealkylation sites (tertiary alicyclic amines) is 1. The third kappa shape index (κ3) is 2.33. The molecule has 1 atom stereocenters. The first-order chi connectivity index (χ1) is 8.81. The summed E-state index contributed by atoms with van der Waals surface area (Å²) in [6.07, 6.45) is 4.92. The number of rotatable bonds is 5. The highest BCUT2D eigenvalue weighted by atomic mass is 16.1. The molecule has 4 heteroatoms. The molecule has 0 aliphatic carbocycles. The van der Waals surface area contributed by atoms with Gasteiger partial charge in [-0.1, -0.05) is 6.07 Å². The van der Waals surface area contributed by atoms with Crippen LogP contribution < -0.4 is 4.90 Å². The van der Waals surface area contributed by atoms with E-state index in [2.05, 4.69) is 29.8 Å². The molecular formula is C14H21N3O. The molecule has 4 nitrogen and oxygen atoms in total. The van der Waals surface area contributed by atoms with Gasteiger partial charge in [0.15, 0.2) is 0 Å². The quantitative estimate of drug-likeness (QED) is 0.749. The summed E-state index contributed by atoms with van der Waals surface area (Å²) >= 11 is 0. The predicted octanol–water partition coefficient (Wildman–Crippen LogP) is 2.22. The van der Waals surface area contributed by atoms with Gasteiger partial charge in [0.1, 0.15) is 5.82 Å². The van der Waals surface area contributed by atoms with Gasteiger partial charge in [-0.2, -0.15) is 0 Å². The smallest absolute Gasteiger partial charge is 0.210 e. The van der Waals surface area contributed by atoms with Crippen LogP contribution in [0.25, 0.3) is 0 Å². The van der Waals surface area contributed by atoms with Gasteiger partial charge in [-0.15, -0.1) is 0 Å². The summed E-state index contributed by atoms with van der Waals surface area (Å²) in [5, 5.41) is 0. The zero-order chi connectivity index (χ0) is 13.0. The standard InChI is InChI=1S/C14H21N3O/c1-3-16(4-2)14-12(7-5-9-15-14)13-8-6-10-17(13)11-18/h5,7,9,11,13H,3-4,6,8,10H2,1-2H3. The summed E-state index contributed by atoms with van der Waals surface area (Å²) in [5.74, 6) is 1.03. The van der Waals surface area contributed by atoms with Crippen LogP contribution in [-0.2, 0) is 4.79 Å². The van der Waals surface area contributed by atoms with E-state index >= 15 is 0 Å². The lowest BCUT2D eigenvalue weighted by Crippen LogP contribution is -2.28. The zero-order valence-electron chi connectivity index (χ0n) is 11.2. The minimum absolute atomic E-state index is 0.201. The van der Waals surface area contributed by atoms with Gasteiger partial charge in [0.05, 0.1) is 6.04 Å². The van der Waals surface area contributed by atoms with Crippen LogP contribution >= 0.6 is 0 Å². The number of amides is 1. The van der Waals surface area contributed by atoms with Crippen molar-refractivity contribution >= 4 is 12.2 Å². The van der Waals surface area contributed by atoms with E-state index in [4.69, 9.17) is 0 Å². The lowest BCUT2D eigenvalue weighted by atomic mass is 10.1. The maximum atomic E-state index is 11.1. The van der Waals surface area contributed by atoms with E-state index in [0.717, 1.165) is 44.7 Å². The fourth-order valence-electron chi connectivity index (χ4n) is 2.71. The molecule has 18 heavy (non-hydrogen) atoms. The Morgan fingerprint density at radius 2 is 2.28 bits per heavy atom. The second kappa shape index (κ2) is 5.85. The van der Waals surface area contributed by atoms with E-state index in [1.807, 2.05) is 17.2 Å². The Labute approximate surface area is 109 Å². The number of pyridine rings is 1. The summed E-state index contributed by atoms with van der Waals surface area (Å²) in [6.45, 7) is 7.01. The summed E-state index contributed by atoms with van der Waals surface area (Å²) in [7, 11) is 0. The molecule has 0 bridgehead atoms. The number of hydrogen-bond donors (Lipinski definition) is 0. The average Bonchev–Trinajstić information content (AvgIpc) is 2.89. The molecule has 1 aliphatic rings. The maximum Gasteiger partial charge on any atom is 0.210 e. The number of anilines is 1. The third-order valence-electron chi connectivity index (χ3n) is 3.67. The van der Waals surface area contributed by atoms with Gasteiger partial charge in [-0.05, 0) is 32.8 Å². The fraction of sp³-hybridized carbons (Fsp3) is 0.571. The van der Waals surface area contributed by atoms with E-state index in [9.17, 15) is 4.79 Å². The van der Waals surface area contributed by atoms with Gasteiger partial charge in [0.2, 0.25) is 6.41 Å². The Kier molecular flexibility index (Phi) is 4.18. The first-order valence-corrected chi connectivity index (χ1v) is 6.72. The van der Waals surface area contributed by atoms with Crippen LogP contribution in [0.2, 0.25) is 0 Å². The highest BCUT2D eigenvalue weighted by Gasteiger charge is 2.27. The fourth-order valence-corrected chi connectivity index (χ4v) is 2.71. The van der Waals surface area contributed by atoms with Crippen molar-refractivity contribution in [3.8, 4) is 0 Å². The lowest BCUT2D eigenvalue weighted by Gasteiger charge is -2.27. The van der Waals surface area contributed by atoms with Gasteiger partial charge >= 0.3 is 0 Å². The first-order valence-electron chi connectivity index (χ1n) is 6.72. The van der Waals surface area contributed by atoms with Crippen LogP contribution in [0.1, 0.15) is 38.3 Å². The number of carbonyl (C=O) groups is 1. The molecule has 0 aromatic carbocycles. The lowest BCUT2D eigenvalue weighted by molar-refractivity contribution is -0.118. The highest BCUT2D eigenvalue weighted by molar-refractivity contribution is 5.54.